The van der Waals surface area contributed by atoms with Crippen molar-refractivity contribution >= 4 is 26.7 Å². The molecule has 0 N–H and O–H groups in total. The van der Waals surface area contributed by atoms with Gasteiger partial charge in [-0.05, 0) is 60.2 Å². The lowest BCUT2D eigenvalue weighted by atomic mass is 9.99. The zero-order valence-corrected chi connectivity index (χ0v) is 16.5. The van der Waals surface area contributed by atoms with E-state index in [2.05, 4.69) is 9.97 Å². The van der Waals surface area contributed by atoms with Gasteiger partial charge in [-0.3, -0.25) is 4.98 Å². The average Bonchev–Trinajstić information content (AvgIpc) is 2.74. The van der Waals surface area contributed by atoms with Crippen molar-refractivity contribution < 1.29 is 12.8 Å². The molecular weight excluding hydrogens is 389 g/mol. The molecular formula is C22H18FN3O2S. The molecule has 0 amide bonds. The van der Waals surface area contributed by atoms with Gasteiger partial charge < -0.3 is 4.90 Å². The summed E-state index contributed by atoms with van der Waals surface area (Å²) in [6.45, 7) is 0.414. The summed E-state index contributed by atoms with van der Waals surface area (Å²) in [5, 5.41) is 0. The van der Waals surface area contributed by atoms with Gasteiger partial charge in [0.2, 0.25) is 5.95 Å². The topological polar surface area (TPSA) is 63.2 Å². The Bertz CT molecular complexity index is 1200. The molecule has 1 aliphatic rings. The Kier molecular flexibility index (Phi) is 4.98. The van der Waals surface area contributed by atoms with Crippen molar-refractivity contribution in [2.45, 2.75) is 4.90 Å². The minimum atomic E-state index is -3.28. The van der Waals surface area contributed by atoms with E-state index < -0.39 is 15.8 Å². The summed E-state index contributed by atoms with van der Waals surface area (Å²) < 4.78 is 37.8. The predicted molar refractivity (Wildman–Crippen MR) is 111 cm³/mol. The average molecular weight is 407 g/mol. The molecule has 5 nitrogen and oxygen atoms in total. The van der Waals surface area contributed by atoms with E-state index in [1.165, 1.54) is 12.5 Å². The van der Waals surface area contributed by atoms with E-state index >= 15 is 0 Å². The highest BCUT2D eigenvalue weighted by Gasteiger charge is 2.19. The predicted octanol–water partition coefficient (Wildman–Crippen LogP) is 3.96. The molecule has 3 aromatic rings. The third-order valence-electron chi connectivity index (χ3n) is 4.63. The smallest absolute Gasteiger partial charge is 0.220 e. The van der Waals surface area contributed by atoms with Crippen molar-refractivity contribution in [1.82, 2.24) is 9.97 Å². The maximum atomic E-state index is 14.3. The largest absolute Gasteiger partial charge is 0.343 e. The lowest BCUT2D eigenvalue weighted by molar-refractivity contribution is 0.579. The molecule has 3 heterocycles. The number of hydrogen-bond acceptors (Lipinski definition) is 5. The molecule has 0 bridgehead atoms. The molecule has 2 aromatic heterocycles. The number of nitrogens with zero attached hydrogens (tertiary/aromatic N) is 3. The standard InChI is InChI=1S/C22H18FN3O2S/c1-29(27,28)19-9-7-18(8-10-19)26-14-16(20-5-4-12-25-22(20)23)13-17(15-26)21-6-2-3-11-24-21/h2-13,15H,14H2,1H3. The SMILES string of the molecule is CS(=O)(=O)c1ccc(N2C=C(c3ccccn3)C=C(c3cccnc3F)C2)cc1. The Balaban J connectivity index is 1.78. The fourth-order valence-electron chi connectivity index (χ4n) is 3.18. The van der Waals surface area contributed by atoms with Crippen LogP contribution in [-0.4, -0.2) is 31.2 Å². The molecule has 1 aliphatic heterocycles. The van der Waals surface area contributed by atoms with Gasteiger partial charge in [0.1, 0.15) is 0 Å². The summed E-state index contributed by atoms with van der Waals surface area (Å²) in [6, 6.07) is 15.6. The zero-order chi connectivity index (χ0) is 20.4. The summed E-state index contributed by atoms with van der Waals surface area (Å²) in [5.74, 6) is -0.534. The lowest BCUT2D eigenvalue weighted by Gasteiger charge is -2.27. The first-order valence-electron chi connectivity index (χ1n) is 8.93. The van der Waals surface area contributed by atoms with Crippen molar-refractivity contribution in [2.75, 3.05) is 17.7 Å². The number of aromatic nitrogens is 2. The summed E-state index contributed by atoms with van der Waals surface area (Å²) in [7, 11) is -3.28. The second-order valence-corrected chi connectivity index (χ2v) is 8.72. The van der Waals surface area contributed by atoms with Gasteiger partial charge >= 0.3 is 0 Å². The molecule has 0 saturated carbocycles. The third kappa shape index (κ3) is 4.09. The molecule has 0 radical (unpaired) electrons. The van der Waals surface area contributed by atoms with E-state index in [0.29, 0.717) is 12.1 Å². The zero-order valence-electron chi connectivity index (χ0n) is 15.7. The fraction of sp³-hybridized carbons (Fsp3) is 0.0909. The summed E-state index contributed by atoms with van der Waals surface area (Å²) >= 11 is 0. The molecule has 29 heavy (non-hydrogen) atoms. The number of benzene rings is 1. The molecule has 0 spiro atoms. The first kappa shape index (κ1) is 19.0. The monoisotopic (exact) mass is 407 g/mol. The fourth-order valence-corrected chi connectivity index (χ4v) is 3.81. The summed E-state index contributed by atoms with van der Waals surface area (Å²) in [6.07, 6.45) is 8.13. The Morgan fingerprint density at radius 3 is 2.38 bits per heavy atom. The van der Waals surface area contributed by atoms with Gasteiger partial charge in [0.15, 0.2) is 9.84 Å². The van der Waals surface area contributed by atoms with E-state index in [9.17, 15) is 12.8 Å². The van der Waals surface area contributed by atoms with Crippen molar-refractivity contribution in [3.8, 4) is 0 Å². The number of halogens is 1. The van der Waals surface area contributed by atoms with Crippen LogP contribution >= 0.6 is 0 Å². The number of allylic oxidation sites excluding steroid dienone is 2. The maximum absolute atomic E-state index is 14.3. The van der Waals surface area contributed by atoms with Crippen LogP contribution < -0.4 is 4.90 Å². The van der Waals surface area contributed by atoms with Crippen LogP contribution in [0.5, 0.6) is 0 Å². The van der Waals surface area contributed by atoms with Gasteiger partial charge in [-0.25, -0.2) is 13.4 Å². The molecule has 7 heteroatoms. The van der Waals surface area contributed by atoms with Gasteiger partial charge in [0.05, 0.1) is 10.6 Å². The molecule has 0 atom stereocenters. The first-order valence-corrected chi connectivity index (χ1v) is 10.8. The van der Waals surface area contributed by atoms with Crippen LogP contribution in [0.3, 0.4) is 0 Å². The number of hydrogen-bond donors (Lipinski definition) is 0. The Morgan fingerprint density at radius 2 is 1.72 bits per heavy atom. The van der Waals surface area contributed by atoms with E-state index in [0.717, 1.165) is 22.5 Å². The quantitative estimate of drug-likeness (QED) is 0.613. The molecule has 146 valence electrons. The molecule has 0 aliphatic carbocycles. The van der Waals surface area contributed by atoms with E-state index in [1.807, 2.05) is 35.4 Å². The Hall–Kier alpha value is -3.32. The van der Waals surface area contributed by atoms with Crippen LogP contribution in [0, 0.1) is 5.95 Å². The van der Waals surface area contributed by atoms with E-state index in [-0.39, 0.29) is 4.90 Å². The van der Waals surface area contributed by atoms with Crippen molar-refractivity contribution in [3.05, 3.63) is 96.5 Å². The van der Waals surface area contributed by atoms with E-state index in [4.69, 9.17) is 0 Å². The van der Waals surface area contributed by atoms with Gasteiger partial charge in [0.25, 0.3) is 0 Å². The number of anilines is 1. The minimum Gasteiger partial charge on any atom is -0.343 e. The summed E-state index contributed by atoms with van der Waals surface area (Å²) in [4.78, 5) is 10.4. The van der Waals surface area contributed by atoms with Crippen LogP contribution in [0.1, 0.15) is 11.3 Å². The number of sulfone groups is 1. The van der Waals surface area contributed by atoms with Crippen LogP contribution in [0.4, 0.5) is 10.1 Å². The van der Waals surface area contributed by atoms with Crippen LogP contribution in [-0.2, 0) is 9.84 Å². The maximum Gasteiger partial charge on any atom is 0.220 e. The van der Waals surface area contributed by atoms with Crippen LogP contribution in [0.25, 0.3) is 11.1 Å². The van der Waals surface area contributed by atoms with Gasteiger partial charge in [0, 0.05) is 48.2 Å². The Morgan fingerprint density at radius 1 is 0.966 bits per heavy atom. The molecule has 4 rings (SSSR count). The highest BCUT2D eigenvalue weighted by atomic mass is 32.2. The highest BCUT2D eigenvalue weighted by molar-refractivity contribution is 7.90. The van der Waals surface area contributed by atoms with Gasteiger partial charge in [-0.1, -0.05) is 6.07 Å². The van der Waals surface area contributed by atoms with Gasteiger partial charge in [-0.2, -0.15) is 4.39 Å². The Labute approximate surface area is 168 Å². The molecule has 0 saturated heterocycles. The molecule has 0 fully saturated rings. The second kappa shape index (κ2) is 7.60. The number of pyridine rings is 2. The van der Waals surface area contributed by atoms with E-state index in [1.54, 1.807) is 42.6 Å². The van der Waals surface area contributed by atoms with Crippen LogP contribution in [0.2, 0.25) is 0 Å². The molecule has 0 unspecified atom stereocenters. The summed E-state index contributed by atoms with van der Waals surface area (Å²) in [5.41, 5.74) is 3.55. The van der Waals surface area contributed by atoms with Crippen molar-refractivity contribution in [3.63, 3.8) is 0 Å². The first-order chi connectivity index (χ1) is 13.9. The van der Waals surface area contributed by atoms with Gasteiger partial charge in [-0.15, -0.1) is 0 Å². The highest BCUT2D eigenvalue weighted by Crippen LogP contribution is 2.31. The lowest BCUT2D eigenvalue weighted by Crippen LogP contribution is -2.23. The molecule has 1 aromatic carbocycles. The van der Waals surface area contributed by atoms with Crippen molar-refractivity contribution in [2.24, 2.45) is 0 Å². The third-order valence-corrected chi connectivity index (χ3v) is 5.76. The van der Waals surface area contributed by atoms with Crippen molar-refractivity contribution in [1.29, 1.82) is 0 Å². The van der Waals surface area contributed by atoms with Crippen LogP contribution in [0.15, 0.2) is 84.2 Å². The second-order valence-electron chi connectivity index (χ2n) is 6.70. The minimum absolute atomic E-state index is 0.251. The normalized spacial score (nSPS) is 14.3. The number of rotatable bonds is 4.